The fraction of sp³-hybridized carbons (Fsp3) is 0.615. The number of rotatable bonds is 5. The Morgan fingerprint density at radius 2 is 2.39 bits per heavy atom. The summed E-state index contributed by atoms with van der Waals surface area (Å²) in [5.41, 5.74) is 5.69. The minimum Gasteiger partial charge on any atom is -0.453 e. The smallest absolute Gasteiger partial charge is 0.287 e. The van der Waals surface area contributed by atoms with Crippen molar-refractivity contribution in [3.05, 3.63) is 23.7 Å². The van der Waals surface area contributed by atoms with Crippen LogP contribution in [0.4, 0.5) is 0 Å². The summed E-state index contributed by atoms with van der Waals surface area (Å²) in [4.78, 5) is 12.0. The van der Waals surface area contributed by atoms with Gasteiger partial charge in [-0.05, 0) is 37.4 Å². The lowest BCUT2D eigenvalue weighted by Crippen LogP contribution is -2.39. The van der Waals surface area contributed by atoms with Gasteiger partial charge in [0.05, 0.1) is 0 Å². The summed E-state index contributed by atoms with van der Waals surface area (Å²) in [6.07, 6.45) is 3.22. The molecule has 1 saturated carbocycles. The number of furan rings is 1. The minimum absolute atomic E-state index is 0.164. The van der Waals surface area contributed by atoms with E-state index >= 15 is 0 Å². The van der Waals surface area contributed by atoms with Crippen LogP contribution in [-0.2, 0) is 11.3 Å². The summed E-state index contributed by atoms with van der Waals surface area (Å²) in [5, 5.41) is 3.00. The number of ether oxygens (including phenoxy) is 1. The Morgan fingerprint density at radius 3 is 3.11 bits per heavy atom. The number of carbonyl (C=O) groups excluding carboxylic acids is 1. The molecule has 18 heavy (non-hydrogen) atoms. The Balaban J connectivity index is 1.94. The second-order valence-corrected chi connectivity index (χ2v) is 4.71. The maximum Gasteiger partial charge on any atom is 0.287 e. The van der Waals surface area contributed by atoms with Gasteiger partial charge in [-0.3, -0.25) is 4.79 Å². The van der Waals surface area contributed by atoms with Gasteiger partial charge in [0.25, 0.3) is 5.91 Å². The van der Waals surface area contributed by atoms with Crippen molar-refractivity contribution in [2.24, 2.45) is 11.7 Å². The van der Waals surface area contributed by atoms with E-state index < -0.39 is 0 Å². The molecular weight excluding hydrogens is 232 g/mol. The monoisotopic (exact) mass is 252 g/mol. The fourth-order valence-corrected chi connectivity index (χ4v) is 2.47. The zero-order valence-electron chi connectivity index (χ0n) is 10.6. The first-order chi connectivity index (χ1) is 8.74. The van der Waals surface area contributed by atoms with Crippen LogP contribution in [0.3, 0.4) is 0 Å². The highest BCUT2D eigenvalue weighted by Crippen LogP contribution is 2.25. The molecule has 1 heterocycles. The van der Waals surface area contributed by atoms with Gasteiger partial charge in [0.15, 0.2) is 5.76 Å². The first-order valence-corrected chi connectivity index (χ1v) is 6.33. The standard InChI is InChI=1S/C13H20N2O3/c1-17-8-10-5-6-12(18-10)13(16)15-11-4-2-3-9(11)7-14/h5-6,9,11H,2-4,7-8,14H2,1H3,(H,15,16). The summed E-state index contributed by atoms with van der Waals surface area (Å²) in [6, 6.07) is 3.61. The van der Waals surface area contributed by atoms with Gasteiger partial charge in [-0.2, -0.15) is 0 Å². The lowest BCUT2D eigenvalue weighted by molar-refractivity contribution is 0.0892. The molecule has 0 saturated heterocycles. The molecular formula is C13H20N2O3. The fourth-order valence-electron chi connectivity index (χ4n) is 2.47. The van der Waals surface area contributed by atoms with E-state index in [-0.39, 0.29) is 11.9 Å². The molecule has 0 aliphatic heterocycles. The highest BCUT2D eigenvalue weighted by molar-refractivity contribution is 5.91. The normalized spacial score (nSPS) is 23.2. The molecule has 2 rings (SSSR count). The van der Waals surface area contributed by atoms with E-state index in [4.69, 9.17) is 14.9 Å². The van der Waals surface area contributed by atoms with Crippen LogP contribution < -0.4 is 11.1 Å². The molecule has 3 N–H and O–H groups in total. The van der Waals surface area contributed by atoms with E-state index in [0.29, 0.717) is 30.6 Å². The van der Waals surface area contributed by atoms with Gasteiger partial charge < -0.3 is 20.2 Å². The summed E-state index contributed by atoms with van der Waals surface area (Å²) in [5.74, 6) is 1.22. The highest BCUT2D eigenvalue weighted by Gasteiger charge is 2.28. The predicted molar refractivity (Wildman–Crippen MR) is 67.1 cm³/mol. The lowest BCUT2D eigenvalue weighted by Gasteiger charge is -2.18. The molecule has 100 valence electrons. The third kappa shape index (κ3) is 2.91. The van der Waals surface area contributed by atoms with Crippen molar-refractivity contribution in [1.29, 1.82) is 0 Å². The largest absolute Gasteiger partial charge is 0.453 e. The maximum atomic E-state index is 12.0. The number of hydrogen-bond donors (Lipinski definition) is 2. The average Bonchev–Trinajstić information content (AvgIpc) is 2.98. The molecule has 0 radical (unpaired) electrons. The number of nitrogens with one attached hydrogen (secondary N) is 1. The predicted octanol–water partition coefficient (Wildman–Crippen LogP) is 1.28. The number of nitrogens with two attached hydrogens (primary N) is 1. The van der Waals surface area contributed by atoms with Gasteiger partial charge in [-0.15, -0.1) is 0 Å². The maximum absolute atomic E-state index is 12.0. The molecule has 1 amide bonds. The molecule has 0 bridgehead atoms. The van der Waals surface area contributed by atoms with Crippen molar-refractivity contribution in [3.8, 4) is 0 Å². The van der Waals surface area contributed by atoms with Crippen LogP contribution in [0, 0.1) is 5.92 Å². The van der Waals surface area contributed by atoms with Crippen LogP contribution in [0.1, 0.15) is 35.6 Å². The molecule has 1 aliphatic rings. The Kier molecular flexibility index (Phi) is 4.38. The van der Waals surface area contributed by atoms with Crippen LogP contribution >= 0.6 is 0 Å². The van der Waals surface area contributed by atoms with Gasteiger partial charge in [0.1, 0.15) is 12.4 Å². The number of methoxy groups -OCH3 is 1. The molecule has 0 spiro atoms. The van der Waals surface area contributed by atoms with Gasteiger partial charge in [0.2, 0.25) is 0 Å². The molecule has 1 aromatic rings. The minimum atomic E-state index is -0.164. The molecule has 2 atom stereocenters. The van der Waals surface area contributed by atoms with E-state index in [1.54, 1.807) is 19.2 Å². The molecule has 1 aromatic heterocycles. The summed E-state index contributed by atoms with van der Waals surface area (Å²) < 4.78 is 10.3. The Labute approximate surface area is 107 Å². The highest BCUT2D eigenvalue weighted by atomic mass is 16.5. The molecule has 0 aromatic carbocycles. The molecule has 5 heteroatoms. The zero-order valence-corrected chi connectivity index (χ0v) is 10.6. The van der Waals surface area contributed by atoms with E-state index in [0.717, 1.165) is 19.3 Å². The topological polar surface area (TPSA) is 77.5 Å². The quantitative estimate of drug-likeness (QED) is 0.827. The number of carbonyl (C=O) groups is 1. The lowest BCUT2D eigenvalue weighted by atomic mass is 10.0. The Hall–Kier alpha value is -1.33. The number of amides is 1. The molecule has 5 nitrogen and oxygen atoms in total. The van der Waals surface area contributed by atoms with E-state index in [9.17, 15) is 4.79 Å². The summed E-state index contributed by atoms with van der Waals surface area (Å²) in [7, 11) is 1.59. The van der Waals surface area contributed by atoms with Crippen molar-refractivity contribution in [3.63, 3.8) is 0 Å². The van der Waals surface area contributed by atoms with E-state index in [1.165, 1.54) is 0 Å². The van der Waals surface area contributed by atoms with Crippen LogP contribution in [0.25, 0.3) is 0 Å². The van der Waals surface area contributed by atoms with Crippen LogP contribution in [0.15, 0.2) is 16.5 Å². The molecule has 1 fully saturated rings. The third-order valence-corrected chi connectivity index (χ3v) is 3.45. The van der Waals surface area contributed by atoms with E-state index in [1.807, 2.05) is 0 Å². The zero-order chi connectivity index (χ0) is 13.0. The van der Waals surface area contributed by atoms with Gasteiger partial charge in [-0.25, -0.2) is 0 Å². The van der Waals surface area contributed by atoms with Crippen molar-refractivity contribution < 1.29 is 13.9 Å². The SMILES string of the molecule is COCc1ccc(C(=O)NC2CCCC2CN)o1. The summed E-state index contributed by atoms with van der Waals surface area (Å²) in [6.45, 7) is 1.00. The van der Waals surface area contributed by atoms with E-state index in [2.05, 4.69) is 5.32 Å². The van der Waals surface area contributed by atoms with Crippen molar-refractivity contribution in [1.82, 2.24) is 5.32 Å². The van der Waals surface area contributed by atoms with Gasteiger partial charge in [-0.1, -0.05) is 6.42 Å². The summed E-state index contributed by atoms with van der Waals surface area (Å²) >= 11 is 0. The Bertz CT molecular complexity index is 403. The van der Waals surface area contributed by atoms with Crippen molar-refractivity contribution in [2.45, 2.75) is 31.9 Å². The van der Waals surface area contributed by atoms with Crippen LogP contribution in [0.2, 0.25) is 0 Å². The van der Waals surface area contributed by atoms with Gasteiger partial charge >= 0.3 is 0 Å². The average molecular weight is 252 g/mol. The van der Waals surface area contributed by atoms with Gasteiger partial charge in [0, 0.05) is 13.2 Å². The Morgan fingerprint density at radius 1 is 1.56 bits per heavy atom. The second kappa shape index (κ2) is 6.02. The van der Waals surface area contributed by atoms with Crippen molar-refractivity contribution in [2.75, 3.05) is 13.7 Å². The van der Waals surface area contributed by atoms with Crippen LogP contribution in [0.5, 0.6) is 0 Å². The molecule has 2 unspecified atom stereocenters. The third-order valence-electron chi connectivity index (χ3n) is 3.45. The second-order valence-electron chi connectivity index (χ2n) is 4.71. The van der Waals surface area contributed by atoms with Crippen LogP contribution in [-0.4, -0.2) is 25.6 Å². The number of hydrogen-bond acceptors (Lipinski definition) is 4. The first-order valence-electron chi connectivity index (χ1n) is 6.33. The molecule has 1 aliphatic carbocycles. The van der Waals surface area contributed by atoms with Crippen molar-refractivity contribution >= 4 is 5.91 Å². The first kappa shape index (κ1) is 13.1.